The molecular weight excluding hydrogens is 814 g/mol. The minimum absolute atomic E-state index is 0.00732. The maximum atomic E-state index is 2.88. The minimum atomic E-state index is -1.81. The predicted octanol–water partition coefficient (Wildman–Crippen LogP) is 14.2. The molecule has 4 aliphatic rings. The van der Waals surface area contributed by atoms with Gasteiger partial charge in [0.25, 0.3) is 6.71 Å². The average Bonchev–Trinajstić information content (AvgIpc) is 3.53. The van der Waals surface area contributed by atoms with Crippen LogP contribution in [-0.4, -0.2) is 20.3 Å². The standard InChI is InChI=1S/C61H60BN3Si/c1-59(2,3)45-28-30-47(31-29-45)63(48-23-16-20-43(37-48)44-27-26-41-18-12-13-19-42(41)36-44)49-32-33-52-54(38-49)64(46-21-10-9-11-22-46)55-39-50(66(6,7)8)40-56-57(55)62(52)53-25-17-24-51-58(53)65(56)61(5)35-15-14-34-60(51,61)4/h9-13,16-33,36-40H,14-15,34-35H2,1-8H3. The van der Waals surface area contributed by atoms with Crippen molar-refractivity contribution in [2.45, 2.75) is 96.3 Å². The van der Waals surface area contributed by atoms with E-state index in [0.717, 1.165) is 17.1 Å². The summed E-state index contributed by atoms with van der Waals surface area (Å²) >= 11 is 0. The van der Waals surface area contributed by atoms with Crippen molar-refractivity contribution in [1.82, 2.24) is 0 Å². The highest BCUT2D eigenvalue weighted by molar-refractivity contribution is 7.00. The fraction of sp³-hybridized carbons (Fsp3) is 0.246. The summed E-state index contributed by atoms with van der Waals surface area (Å²) in [6.07, 6.45) is 4.98. The van der Waals surface area contributed by atoms with Crippen LogP contribution in [0.3, 0.4) is 0 Å². The van der Waals surface area contributed by atoms with E-state index in [2.05, 4.69) is 239 Å². The second kappa shape index (κ2) is 14.6. The Labute approximate surface area is 393 Å². The summed E-state index contributed by atoms with van der Waals surface area (Å²) in [7, 11) is -1.81. The molecule has 1 aliphatic carbocycles. The average molecular weight is 874 g/mol. The zero-order valence-electron chi connectivity index (χ0n) is 39.9. The maximum absolute atomic E-state index is 2.88. The first-order valence-corrected chi connectivity index (χ1v) is 27.8. The summed E-state index contributed by atoms with van der Waals surface area (Å²) in [5.74, 6) is 0. The molecule has 1 saturated carbocycles. The molecule has 0 aromatic heterocycles. The van der Waals surface area contributed by atoms with Crippen LogP contribution >= 0.6 is 0 Å². The summed E-state index contributed by atoms with van der Waals surface area (Å²) in [6.45, 7) is 19.7. The third-order valence-electron chi connectivity index (χ3n) is 16.3. The van der Waals surface area contributed by atoms with Crippen molar-refractivity contribution in [3.05, 3.63) is 181 Å². The molecule has 3 aliphatic heterocycles. The van der Waals surface area contributed by atoms with Gasteiger partial charge >= 0.3 is 0 Å². The van der Waals surface area contributed by atoms with Crippen LogP contribution in [-0.2, 0) is 10.8 Å². The number of nitrogens with zero attached hydrogens (tertiary/aromatic N) is 3. The van der Waals surface area contributed by atoms with Gasteiger partial charge in [-0.15, -0.1) is 0 Å². The number of para-hydroxylation sites is 2. The number of fused-ring (bicyclic) bond motifs is 8. The number of anilines is 8. The SMILES string of the molecule is CC(C)(C)c1ccc(N(c2cccc(-c3ccc4ccccc4c3)c2)c2ccc3c(c2)N(c2ccccc2)c2cc([Si](C)(C)C)cc4c2B3c2cccc3c2N4C2(C)CCCCC32C)cc1. The summed E-state index contributed by atoms with van der Waals surface area (Å²) in [5.41, 5.74) is 19.8. The highest BCUT2D eigenvalue weighted by atomic mass is 28.3. The van der Waals surface area contributed by atoms with Crippen molar-refractivity contribution in [1.29, 1.82) is 0 Å². The minimum Gasteiger partial charge on any atom is -0.335 e. The van der Waals surface area contributed by atoms with Crippen LogP contribution in [0, 0.1) is 0 Å². The van der Waals surface area contributed by atoms with Crippen molar-refractivity contribution < 1.29 is 0 Å². The molecule has 8 aromatic carbocycles. The summed E-state index contributed by atoms with van der Waals surface area (Å²) in [4.78, 5) is 7.98. The van der Waals surface area contributed by atoms with Gasteiger partial charge in [-0.2, -0.15) is 0 Å². The Morgan fingerprint density at radius 1 is 0.561 bits per heavy atom. The van der Waals surface area contributed by atoms with Crippen LogP contribution in [0.25, 0.3) is 21.9 Å². The van der Waals surface area contributed by atoms with Crippen LogP contribution in [0.4, 0.5) is 45.5 Å². The first kappa shape index (κ1) is 41.2. The van der Waals surface area contributed by atoms with Crippen LogP contribution < -0.4 is 36.3 Å². The Kier molecular flexibility index (Phi) is 9.10. The fourth-order valence-electron chi connectivity index (χ4n) is 12.4. The molecule has 5 heteroatoms. The van der Waals surface area contributed by atoms with E-state index in [-0.39, 0.29) is 23.1 Å². The van der Waals surface area contributed by atoms with Gasteiger partial charge in [0.05, 0.1) is 13.6 Å². The van der Waals surface area contributed by atoms with E-state index in [4.69, 9.17) is 0 Å². The molecule has 3 nitrogen and oxygen atoms in total. The number of hydrogen-bond acceptors (Lipinski definition) is 3. The zero-order chi connectivity index (χ0) is 45.3. The maximum Gasteiger partial charge on any atom is 0.252 e. The van der Waals surface area contributed by atoms with Crippen molar-refractivity contribution in [3.63, 3.8) is 0 Å². The molecule has 0 N–H and O–H groups in total. The first-order valence-electron chi connectivity index (χ1n) is 24.3. The molecule has 3 heterocycles. The van der Waals surface area contributed by atoms with Crippen molar-refractivity contribution in [2.75, 3.05) is 14.7 Å². The van der Waals surface area contributed by atoms with E-state index in [9.17, 15) is 0 Å². The zero-order valence-corrected chi connectivity index (χ0v) is 40.9. The van der Waals surface area contributed by atoms with Gasteiger partial charge in [-0.05, 0) is 141 Å². The lowest BCUT2D eigenvalue weighted by molar-refractivity contribution is 0.195. The normalized spacial score (nSPS) is 19.3. The predicted molar refractivity (Wildman–Crippen MR) is 288 cm³/mol. The number of rotatable bonds is 6. The van der Waals surface area contributed by atoms with Gasteiger partial charge < -0.3 is 14.7 Å². The Bertz CT molecular complexity index is 3240. The van der Waals surface area contributed by atoms with Gasteiger partial charge in [0.1, 0.15) is 0 Å². The third-order valence-corrected chi connectivity index (χ3v) is 18.3. The molecular formula is C61H60BN3Si. The Morgan fingerprint density at radius 3 is 2.02 bits per heavy atom. The molecule has 0 radical (unpaired) electrons. The van der Waals surface area contributed by atoms with Crippen molar-refractivity contribution >= 4 is 92.6 Å². The van der Waals surface area contributed by atoms with Gasteiger partial charge in [0.15, 0.2) is 0 Å². The Morgan fingerprint density at radius 2 is 1.24 bits per heavy atom. The second-order valence-corrected chi connectivity index (χ2v) is 27.2. The lowest BCUT2D eigenvalue weighted by atomic mass is 9.33. The molecule has 8 aromatic rings. The molecule has 66 heavy (non-hydrogen) atoms. The van der Waals surface area contributed by atoms with Crippen LogP contribution in [0.15, 0.2) is 170 Å². The van der Waals surface area contributed by atoms with Gasteiger partial charge in [0, 0.05) is 50.9 Å². The monoisotopic (exact) mass is 873 g/mol. The summed E-state index contributed by atoms with van der Waals surface area (Å²) < 4.78 is 0. The topological polar surface area (TPSA) is 9.72 Å². The Balaban J connectivity index is 1.11. The van der Waals surface area contributed by atoms with E-state index in [1.54, 1.807) is 5.56 Å². The summed E-state index contributed by atoms with van der Waals surface area (Å²) in [5, 5.41) is 4.02. The smallest absolute Gasteiger partial charge is 0.252 e. The quantitative estimate of drug-likeness (QED) is 0.154. The molecule has 12 rings (SSSR count). The largest absolute Gasteiger partial charge is 0.335 e. The first-order chi connectivity index (χ1) is 31.7. The van der Waals surface area contributed by atoms with E-state index < -0.39 is 8.07 Å². The van der Waals surface area contributed by atoms with E-state index >= 15 is 0 Å². The molecule has 0 spiro atoms. The van der Waals surface area contributed by atoms with Crippen molar-refractivity contribution in [3.8, 4) is 11.1 Å². The molecule has 2 unspecified atom stereocenters. The summed E-state index contributed by atoms with van der Waals surface area (Å²) in [6, 6.07) is 65.1. The van der Waals surface area contributed by atoms with Gasteiger partial charge in [-0.3, -0.25) is 0 Å². The molecule has 326 valence electrons. The lowest BCUT2D eigenvalue weighted by Crippen LogP contribution is -2.65. The lowest BCUT2D eigenvalue weighted by Gasteiger charge is -2.53. The van der Waals surface area contributed by atoms with Crippen LogP contribution in [0.5, 0.6) is 0 Å². The van der Waals surface area contributed by atoms with E-state index in [1.165, 1.54) is 103 Å². The molecule has 0 amide bonds. The number of benzene rings is 8. The highest BCUT2D eigenvalue weighted by Gasteiger charge is 2.61. The van der Waals surface area contributed by atoms with Crippen molar-refractivity contribution in [2.24, 2.45) is 0 Å². The molecule has 0 bridgehead atoms. The number of hydrogen-bond donors (Lipinski definition) is 0. The third kappa shape index (κ3) is 6.08. The van der Waals surface area contributed by atoms with E-state index in [1.807, 2.05) is 0 Å². The highest BCUT2D eigenvalue weighted by Crippen LogP contribution is 2.61. The second-order valence-electron chi connectivity index (χ2n) is 22.2. The molecule has 1 fully saturated rings. The van der Waals surface area contributed by atoms with Crippen LogP contribution in [0.2, 0.25) is 19.6 Å². The Hall–Kier alpha value is -6.30. The van der Waals surface area contributed by atoms with Gasteiger partial charge in [-0.25, -0.2) is 0 Å². The van der Waals surface area contributed by atoms with Gasteiger partial charge in [0.2, 0.25) is 0 Å². The molecule has 0 saturated heterocycles. The van der Waals surface area contributed by atoms with E-state index in [0.29, 0.717) is 0 Å². The van der Waals surface area contributed by atoms with Gasteiger partial charge in [-0.1, -0.05) is 168 Å². The molecule has 2 atom stereocenters. The fourth-order valence-corrected chi connectivity index (χ4v) is 13.6. The van der Waals surface area contributed by atoms with Crippen LogP contribution in [0.1, 0.15) is 71.4 Å².